The van der Waals surface area contributed by atoms with Gasteiger partial charge in [-0.3, -0.25) is 9.69 Å². The summed E-state index contributed by atoms with van der Waals surface area (Å²) in [7, 11) is 0. The van der Waals surface area contributed by atoms with Gasteiger partial charge >= 0.3 is 0 Å². The van der Waals surface area contributed by atoms with Gasteiger partial charge in [-0.15, -0.1) is 0 Å². The molecule has 0 saturated carbocycles. The van der Waals surface area contributed by atoms with Crippen LogP contribution in [0.25, 0.3) is 0 Å². The number of hydrogen-bond acceptors (Lipinski definition) is 3. The summed E-state index contributed by atoms with van der Waals surface area (Å²) in [4.78, 5) is 16.7. The van der Waals surface area contributed by atoms with Gasteiger partial charge in [-0.25, -0.2) is 0 Å². The molecule has 2 rings (SSSR count). The van der Waals surface area contributed by atoms with Gasteiger partial charge in [0.25, 0.3) is 0 Å². The molecule has 0 aromatic carbocycles. The van der Waals surface area contributed by atoms with Crippen molar-refractivity contribution in [3.05, 3.63) is 0 Å². The Morgan fingerprint density at radius 3 is 2.53 bits per heavy atom. The minimum atomic E-state index is 0.128. The molecule has 0 bridgehead atoms. The third-order valence-corrected chi connectivity index (χ3v) is 4.33. The molecule has 2 heterocycles. The highest BCUT2D eigenvalue weighted by atomic mass is 16.5. The van der Waals surface area contributed by atoms with Gasteiger partial charge < -0.3 is 9.64 Å². The molecule has 2 unspecified atom stereocenters. The molecule has 2 atom stereocenters. The van der Waals surface area contributed by atoms with Gasteiger partial charge in [-0.2, -0.15) is 0 Å². The summed E-state index contributed by atoms with van der Waals surface area (Å²) < 4.78 is 5.70. The van der Waals surface area contributed by atoms with Crippen LogP contribution in [0.5, 0.6) is 0 Å². The van der Waals surface area contributed by atoms with Crippen LogP contribution in [0.15, 0.2) is 0 Å². The smallest absolute Gasteiger partial charge is 0.223 e. The van der Waals surface area contributed by atoms with Crippen molar-refractivity contribution in [3.63, 3.8) is 0 Å². The first-order chi connectivity index (χ1) is 8.82. The quantitative estimate of drug-likeness (QED) is 0.766. The minimum absolute atomic E-state index is 0.128. The van der Waals surface area contributed by atoms with E-state index in [1.165, 1.54) is 0 Å². The van der Waals surface area contributed by atoms with Crippen molar-refractivity contribution < 1.29 is 9.53 Å². The summed E-state index contributed by atoms with van der Waals surface area (Å²) >= 11 is 0. The standard InChI is InChI=1S/C15H28N2O2/c1-11(2)17-12(6-7-14(17)18)13-10-19-9-8-16(13)15(3,4)5/h11-13H,6-10H2,1-5H3. The van der Waals surface area contributed by atoms with E-state index in [1.807, 2.05) is 0 Å². The summed E-state index contributed by atoms with van der Waals surface area (Å²) in [6.45, 7) is 13.5. The van der Waals surface area contributed by atoms with Gasteiger partial charge in [0.15, 0.2) is 0 Å². The number of morpholine rings is 1. The molecular weight excluding hydrogens is 240 g/mol. The van der Waals surface area contributed by atoms with Crippen molar-refractivity contribution in [1.82, 2.24) is 9.80 Å². The van der Waals surface area contributed by atoms with Crippen LogP contribution in [-0.4, -0.2) is 59.1 Å². The number of nitrogens with zero attached hydrogens (tertiary/aromatic N) is 2. The normalized spacial score (nSPS) is 30.4. The lowest BCUT2D eigenvalue weighted by molar-refractivity contribution is -0.134. The predicted octanol–water partition coefficient (Wildman–Crippen LogP) is 1.89. The molecule has 0 aliphatic carbocycles. The van der Waals surface area contributed by atoms with Crippen molar-refractivity contribution >= 4 is 5.91 Å². The molecule has 0 N–H and O–H groups in total. The lowest BCUT2D eigenvalue weighted by Crippen LogP contribution is -2.62. The molecule has 19 heavy (non-hydrogen) atoms. The summed E-state index contributed by atoms with van der Waals surface area (Å²) in [5.41, 5.74) is 0.128. The molecule has 0 radical (unpaired) electrons. The largest absolute Gasteiger partial charge is 0.378 e. The predicted molar refractivity (Wildman–Crippen MR) is 76.1 cm³/mol. The third-order valence-electron chi connectivity index (χ3n) is 4.33. The van der Waals surface area contributed by atoms with E-state index in [0.717, 1.165) is 26.2 Å². The second-order valence-electron chi connectivity index (χ2n) is 7.01. The van der Waals surface area contributed by atoms with E-state index in [4.69, 9.17) is 4.74 Å². The molecular formula is C15H28N2O2. The van der Waals surface area contributed by atoms with Crippen molar-refractivity contribution in [2.75, 3.05) is 19.8 Å². The Hall–Kier alpha value is -0.610. The third kappa shape index (κ3) is 2.95. The average molecular weight is 268 g/mol. The van der Waals surface area contributed by atoms with Crippen LogP contribution in [0.2, 0.25) is 0 Å². The van der Waals surface area contributed by atoms with Gasteiger partial charge in [-0.05, 0) is 41.0 Å². The Morgan fingerprint density at radius 1 is 1.26 bits per heavy atom. The van der Waals surface area contributed by atoms with Crippen LogP contribution >= 0.6 is 0 Å². The Kier molecular flexibility index (Phi) is 4.21. The van der Waals surface area contributed by atoms with Gasteiger partial charge in [0, 0.05) is 24.5 Å². The lowest BCUT2D eigenvalue weighted by Gasteiger charge is -2.48. The molecule has 0 spiro atoms. The van der Waals surface area contributed by atoms with Crippen LogP contribution in [0, 0.1) is 0 Å². The maximum Gasteiger partial charge on any atom is 0.223 e. The maximum atomic E-state index is 12.1. The Bertz CT molecular complexity index is 336. The van der Waals surface area contributed by atoms with Crippen LogP contribution in [-0.2, 0) is 9.53 Å². The first kappa shape index (κ1) is 14.8. The van der Waals surface area contributed by atoms with Crippen LogP contribution in [0.4, 0.5) is 0 Å². The monoisotopic (exact) mass is 268 g/mol. The van der Waals surface area contributed by atoms with Gasteiger partial charge in [-0.1, -0.05) is 0 Å². The van der Waals surface area contributed by atoms with Crippen molar-refractivity contribution in [1.29, 1.82) is 0 Å². The Labute approximate surface area is 117 Å². The number of rotatable bonds is 2. The lowest BCUT2D eigenvalue weighted by atomic mass is 9.96. The fourth-order valence-electron chi connectivity index (χ4n) is 3.55. The van der Waals surface area contributed by atoms with Crippen molar-refractivity contribution in [3.8, 4) is 0 Å². The molecule has 2 saturated heterocycles. The number of hydrogen-bond donors (Lipinski definition) is 0. The van der Waals surface area contributed by atoms with Gasteiger partial charge in [0.2, 0.25) is 5.91 Å². The summed E-state index contributed by atoms with van der Waals surface area (Å²) in [6, 6.07) is 0.929. The van der Waals surface area contributed by atoms with E-state index >= 15 is 0 Å². The minimum Gasteiger partial charge on any atom is -0.378 e. The average Bonchev–Trinajstić information content (AvgIpc) is 2.70. The van der Waals surface area contributed by atoms with Crippen molar-refractivity contribution in [2.24, 2.45) is 0 Å². The number of carbonyl (C=O) groups excluding carboxylic acids is 1. The fraction of sp³-hybridized carbons (Fsp3) is 0.933. The Balaban J connectivity index is 2.20. The first-order valence-corrected chi connectivity index (χ1v) is 7.48. The number of ether oxygens (including phenoxy) is 1. The van der Waals surface area contributed by atoms with Gasteiger partial charge in [0.1, 0.15) is 0 Å². The summed E-state index contributed by atoms with van der Waals surface area (Å²) in [5, 5.41) is 0. The first-order valence-electron chi connectivity index (χ1n) is 7.48. The summed E-state index contributed by atoms with van der Waals surface area (Å²) in [5.74, 6) is 0.305. The molecule has 2 aliphatic heterocycles. The number of likely N-dealkylation sites (tertiary alicyclic amines) is 1. The highest BCUT2D eigenvalue weighted by Gasteiger charge is 2.43. The zero-order valence-corrected chi connectivity index (χ0v) is 13.0. The van der Waals surface area contributed by atoms with Gasteiger partial charge in [0.05, 0.1) is 25.3 Å². The Morgan fingerprint density at radius 2 is 1.95 bits per heavy atom. The van der Waals surface area contributed by atoms with E-state index < -0.39 is 0 Å². The van der Waals surface area contributed by atoms with E-state index in [9.17, 15) is 4.79 Å². The van der Waals surface area contributed by atoms with Crippen LogP contribution in [0.1, 0.15) is 47.5 Å². The molecule has 0 aromatic heterocycles. The highest BCUT2D eigenvalue weighted by Crippen LogP contribution is 2.31. The molecule has 4 heteroatoms. The second-order valence-corrected chi connectivity index (χ2v) is 7.01. The van der Waals surface area contributed by atoms with E-state index in [1.54, 1.807) is 0 Å². The molecule has 0 aromatic rings. The number of carbonyl (C=O) groups is 1. The molecule has 4 nitrogen and oxygen atoms in total. The van der Waals surface area contributed by atoms with E-state index in [-0.39, 0.29) is 11.6 Å². The van der Waals surface area contributed by atoms with Crippen molar-refractivity contribution in [2.45, 2.75) is 71.1 Å². The number of amides is 1. The molecule has 2 fully saturated rings. The summed E-state index contributed by atoms with van der Waals surface area (Å²) in [6.07, 6.45) is 1.66. The highest BCUT2D eigenvalue weighted by molar-refractivity contribution is 5.79. The molecule has 2 aliphatic rings. The van der Waals surface area contributed by atoms with E-state index in [0.29, 0.717) is 24.4 Å². The van der Waals surface area contributed by atoms with Crippen LogP contribution in [0.3, 0.4) is 0 Å². The molecule has 1 amide bonds. The zero-order chi connectivity index (χ0) is 14.2. The fourth-order valence-corrected chi connectivity index (χ4v) is 3.55. The second kappa shape index (κ2) is 5.41. The maximum absolute atomic E-state index is 12.1. The topological polar surface area (TPSA) is 32.8 Å². The zero-order valence-electron chi connectivity index (χ0n) is 13.0. The van der Waals surface area contributed by atoms with E-state index in [2.05, 4.69) is 44.4 Å². The molecule has 110 valence electrons. The van der Waals surface area contributed by atoms with Crippen LogP contribution < -0.4 is 0 Å². The SMILES string of the molecule is CC(C)N1C(=O)CCC1C1COCCN1C(C)(C)C.